The van der Waals surface area contributed by atoms with Crippen molar-refractivity contribution in [3.05, 3.63) is 11.7 Å². The summed E-state index contributed by atoms with van der Waals surface area (Å²) in [5.74, 6) is 2.82. The quantitative estimate of drug-likeness (QED) is 0.425. The van der Waals surface area contributed by atoms with Crippen LogP contribution in [0.3, 0.4) is 0 Å². The molecule has 0 saturated carbocycles. The van der Waals surface area contributed by atoms with E-state index in [9.17, 15) is 0 Å². The van der Waals surface area contributed by atoms with E-state index in [-0.39, 0.29) is 24.0 Å². The molecule has 1 aliphatic heterocycles. The Kier molecular flexibility index (Phi) is 8.69. The predicted molar refractivity (Wildman–Crippen MR) is 95.7 cm³/mol. The maximum Gasteiger partial charge on any atom is 0.228 e. The molecule has 0 bridgehead atoms. The molecule has 1 atom stereocenters. The molecule has 0 amide bonds. The minimum absolute atomic E-state index is 0. The lowest BCUT2D eigenvalue weighted by Crippen LogP contribution is -2.41. The summed E-state index contributed by atoms with van der Waals surface area (Å²) in [6, 6.07) is 0. The Bertz CT molecular complexity index is 460. The van der Waals surface area contributed by atoms with Crippen LogP contribution in [0, 0.1) is 12.8 Å². The summed E-state index contributed by atoms with van der Waals surface area (Å²) in [6.07, 6.45) is 1.79. The van der Waals surface area contributed by atoms with Crippen LogP contribution in [0.1, 0.15) is 25.1 Å². The van der Waals surface area contributed by atoms with Crippen molar-refractivity contribution in [2.24, 2.45) is 10.9 Å². The van der Waals surface area contributed by atoms with Crippen molar-refractivity contribution in [1.82, 2.24) is 20.4 Å². The fraction of sp³-hybridized carbons (Fsp3) is 0.786. The normalized spacial score (nSPS) is 18.1. The molecule has 8 heteroatoms. The van der Waals surface area contributed by atoms with Gasteiger partial charge in [-0.3, -0.25) is 4.99 Å². The third kappa shape index (κ3) is 6.07. The van der Waals surface area contributed by atoms with Gasteiger partial charge in [-0.25, -0.2) is 0 Å². The average Bonchev–Trinajstić information content (AvgIpc) is 3.09. The van der Waals surface area contributed by atoms with Crippen LogP contribution in [0.25, 0.3) is 0 Å². The number of guanidine groups is 1. The van der Waals surface area contributed by atoms with E-state index in [1.54, 1.807) is 0 Å². The minimum atomic E-state index is 0. The molecule has 2 heterocycles. The zero-order chi connectivity index (χ0) is 15.1. The highest BCUT2D eigenvalue weighted by Crippen LogP contribution is 2.13. The van der Waals surface area contributed by atoms with Gasteiger partial charge in [-0.05, 0) is 20.3 Å². The smallest absolute Gasteiger partial charge is 0.228 e. The van der Waals surface area contributed by atoms with E-state index < -0.39 is 0 Å². The molecule has 1 unspecified atom stereocenters. The lowest BCUT2D eigenvalue weighted by atomic mass is 10.1. The summed E-state index contributed by atoms with van der Waals surface area (Å²) in [5, 5.41) is 7.10. The monoisotopic (exact) mass is 423 g/mol. The molecular formula is C14H26IN5O2. The number of nitrogens with zero attached hydrogens (tertiary/aromatic N) is 4. The fourth-order valence-electron chi connectivity index (χ4n) is 2.37. The summed E-state index contributed by atoms with van der Waals surface area (Å²) in [7, 11) is 2.07. The molecular weight excluding hydrogens is 397 g/mol. The maximum absolute atomic E-state index is 5.42. The van der Waals surface area contributed by atoms with Crippen LogP contribution in [-0.4, -0.2) is 60.9 Å². The van der Waals surface area contributed by atoms with Gasteiger partial charge in [0.25, 0.3) is 0 Å². The number of hydrogen-bond acceptors (Lipinski definition) is 5. The molecule has 0 spiro atoms. The Labute approximate surface area is 148 Å². The Morgan fingerprint density at radius 2 is 2.32 bits per heavy atom. The molecule has 126 valence electrons. The third-order valence-corrected chi connectivity index (χ3v) is 3.41. The third-order valence-electron chi connectivity index (χ3n) is 3.41. The van der Waals surface area contributed by atoms with Gasteiger partial charge in [-0.15, -0.1) is 24.0 Å². The Balaban J connectivity index is 0.00000242. The second kappa shape index (κ2) is 9.98. The lowest BCUT2D eigenvalue weighted by Gasteiger charge is -2.24. The Morgan fingerprint density at radius 3 is 2.91 bits per heavy atom. The fourth-order valence-corrected chi connectivity index (χ4v) is 2.37. The number of halogens is 1. The van der Waals surface area contributed by atoms with E-state index in [1.807, 2.05) is 6.92 Å². The van der Waals surface area contributed by atoms with Gasteiger partial charge >= 0.3 is 0 Å². The van der Waals surface area contributed by atoms with Gasteiger partial charge in [0.2, 0.25) is 5.89 Å². The first-order valence-electron chi connectivity index (χ1n) is 7.55. The van der Waals surface area contributed by atoms with Crippen molar-refractivity contribution in [2.75, 3.05) is 39.9 Å². The van der Waals surface area contributed by atoms with Crippen LogP contribution in [-0.2, 0) is 11.2 Å². The molecule has 0 aliphatic carbocycles. The highest BCUT2D eigenvalue weighted by molar-refractivity contribution is 14.0. The zero-order valence-corrected chi connectivity index (χ0v) is 15.9. The number of ether oxygens (including phenoxy) is 1. The van der Waals surface area contributed by atoms with Crippen molar-refractivity contribution in [3.8, 4) is 0 Å². The summed E-state index contributed by atoms with van der Waals surface area (Å²) in [4.78, 5) is 11.0. The topological polar surface area (TPSA) is 75.8 Å². The number of hydrogen-bond donors (Lipinski definition) is 1. The van der Waals surface area contributed by atoms with Crippen LogP contribution >= 0.6 is 24.0 Å². The Morgan fingerprint density at radius 1 is 1.50 bits per heavy atom. The predicted octanol–water partition coefficient (Wildman–Crippen LogP) is 1.47. The van der Waals surface area contributed by atoms with Crippen molar-refractivity contribution < 1.29 is 9.26 Å². The van der Waals surface area contributed by atoms with E-state index in [4.69, 9.17) is 9.26 Å². The molecule has 7 nitrogen and oxygen atoms in total. The van der Waals surface area contributed by atoms with Crippen LogP contribution in [0.4, 0.5) is 0 Å². The van der Waals surface area contributed by atoms with E-state index in [2.05, 4.69) is 39.3 Å². The van der Waals surface area contributed by atoms with Crippen LogP contribution in [0.2, 0.25) is 0 Å². The van der Waals surface area contributed by atoms with Crippen molar-refractivity contribution in [3.63, 3.8) is 0 Å². The molecule has 1 aromatic rings. The largest absolute Gasteiger partial charge is 0.381 e. The van der Waals surface area contributed by atoms with E-state index in [1.165, 1.54) is 0 Å². The number of rotatable bonds is 6. The molecule has 1 aromatic heterocycles. The SMILES string of the molecule is CCNC(=NCCc1nc(C)no1)N(C)CC1CCOC1.I. The van der Waals surface area contributed by atoms with Gasteiger partial charge < -0.3 is 19.5 Å². The number of nitrogens with one attached hydrogen (secondary N) is 1. The van der Waals surface area contributed by atoms with Gasteiger partial charge in [0.15, 0.2) is 11.8 Å². The van der Waals surface area contributed by atoms with E-state index >= 15 is 0 Å². The Hall–Kier alpha value is -0.900. The van der Waals surface area contributed by atoms with Gasteiger partial charge in [0.1, 0.15) is 0 Å². The first kappa shape index (κ1) is 19.1. The number of aliphatic imine (C=N–C) groups is 1. The van der Waals surface area contributed by atoms with E-state index in [0.717, 1.165) is 38.7 Å². The molecule has 2 rings (SSSR count). The summed E-state index contributed by atoms with van der Waals surface area (Å²) < 4.78 is 10.5. The molecule has 1 N–H and O–H groups in total. The molecule has 22 heavy (non-hydrogen) atoms. The standard InChI is InChI=1S/C14H25N5O2.HI/c1-4-15-14(19(3)9-12-6-8-20-10-12)16-7-5-13-17-11(2)18-21-13;/h12H,4-10H2,1-3H3,(H,15,16);1H. The molecule has 0 radical (unpaired) electrons. The summed E-state index contributed by atoms with van der Waals surface area (Å²) in [5.41, 5.74) is 0. The first-order chi connectivity index (χ1) is 10.2. The second-order valence-corrected chi connectivity index (χ2v) is 5.33. The van der Waals surface area contributed by atoms with Gasteiger partial charge in [0, 0.05) is 39.1 Å². The zero-order valence-electron chi connectivity index (χ0n) is 13.5. The van der Waals surface area contributed by atoms with Gasteiger partial charge in [0.05, 0.1) is 13.2 Å². The summed E-state index contributed by atoms with van der Waals surface area (Å²) in [6.45, 7) is 8.07. The highest BCUT2D eigenvalue weighted by Gasteiger charge is 2.19. The molecule has 0 aromatic carbocycles. The van der Waals surface area contributed by atoms with Crippen LogP contribution < -0.4 is 5.32 Å². The van der Waals surface area contributed by atoms with Crippen LogP contribution in [0.15, 0.2) is 9.52 Å². The van der Waals surface area contributed by atoms with Crippen molar-refractivity contribution in [1.29, 1.82) is 0 Å². The maximum atomic E-state index is 5.42. The lowest BCUT2D eigenvalue weighted by molar-refractivity contribution is 0.181. The average molecular weight is 423 g/mol. The second-order valence-electron chi connectivity index (χ2n) is 5.33. The molecule has 1 saturated heterocycles. The van der Waals surface area contributed by atoms with Crippen molar-refractivity contribution >= 4 is 29.9 Å². The highest BCUT2D eigenvalue weighted by atomic mass is 127. The van der Waals surface area contributed by atoms with E-state index in [0.29, 0.717) is 30.6 Å². The number of aromatic nitrogens is 2. The van der Waals surface area contributed by atoms with Gasteiger partial charge in [-0.2, -0.15) is 4.98 Å². The molecule has 1 fully saturated rings. The first-order valence-corrected chi connectivity index (χ1v) is 7.55. The van der Waals surface area contributed by atoms with Crippen molar-refractivity contribution in [2.45, 2.75) is 26.7 Å². The van der Waals surface area contributed by atoms with Gasteiger partial charge in [-0.1, -0.05) is 5.16 Å². The number of aryl methyl sites for hydroxylation is 1. The van der Waals surface area contributed by atoms with Crippen LogP contribution in [0.5, 0.6) is 0 Å². The summed E-state index contributed by atoms with van der Waals surface area (Å²) >= 11 is 0. The molecule has 1 aliphatic rings. The minimum Gasteiger partial charge on any atom is -0.381 e.